The standard InChI is InChI=1S/4C7H8N2O2.Ti/c4*8-5(9)7(6(10)11)3-1-2-4-7;/h4*1-4H,(H3,8,9)(H,10,11);/q;;;;+4/p-4. The van der Waals surface area contributed by atoms with E-state index < -0.39 is 68.9 Å². The van der Waals surface area contributed by atoms with E-state index >= 15 is 0 Å². The van der Waals surface area contributed by atoms with Crippen LogP contribution in [0.15, 0.2) is 97.2 Å². The number of carboxylic acid groups (broad SMARTS) is 4. The summed E-state index contributed by atoms with van der Waals surface area (Å²) in [6, 6.07) is 0. The van der Waals surface area contributed by atoms with E-state index in [1.54, 1.807) is 0 Å². The number of hydrogen-bond donors (Lipinski definition) is 8. The summed E-state index contributed by atoms with van der Waals surface area (Å²) in [5.74, 6) is -7.18. The molecule has 12 N–H and O–H groups in total. The number of aliphatic carboxylic acids is 4. The van der Waals surface area contributed by atoms with Crippen LogP contribution in [0.4, 0.5) is 0 Å². The predicted molar refractivity (Wildman–Crippen MR) is 151 cm³/mol. The first-order valence-corrected chi connectivity index (χ1v) is 12.1. The molecule has 0 atom stereocenters. The topological polar surface area (TPSA) is 360 Å². The molecule has 0 aromatic heterocycles. The van der Waals surface area contributed by atoms with Gasteiger partial charge in [-0.2, -0.15) is 0 Å². The normalized spacial score (nSPS) is 18.1. The molecule has 0 saturated heterocycles. The number of carbonyl (C=O) groups excluding carboxylic acids is 4. The van der Waals surface area contributed by atoms with E-state index in [0.29, 0.717) is 0 Å². The molecule has 0 bridgehead atoms. The summed E-state index contributed by atoms with van der Waals surface area (Å²) in [7, 11) is 0. The van der Waals surface area contributed by atoms with Gasteiger partial charge in [0.05, 0.1) is 23.9 Å². The van der Waals surface area contributed by atoms with E-state index in [0.717, 1.165) is 0 Å². The molecular weight excluding hydrogens is 624 g/mol. The Kier molecular flexibility index (Phi) is 13.8. The first-order valence-electron chi connectivity index (χ1n) is 12.1. The first-order chi connectivity index (χ1) is 20.4. The minimum absolute atomic E-state index is 0. The van der Waals surface area contributed by atoms with Crippen molar-refractivity contribution in [3.8, 4) is 0 Å². The Labute approximate surface area is 271 Å². The van der Waals surface area contributed by atoms with Crippen LogP contribution in [0.1, 0.15) is 0 Å². The number of rotatable bonds is 8. The summed E-state index contributed by atoms with van der Waals surface area (Å²) in [4.78, 5) is 42.1. The predicted octanol–water partition coefficient (Wildman–Crippen LogP) is -4.86. The Morgan fingerprint density at radius 3 is 0.533 bits per heavy atom. The zero-order chi connectivity index (χ0) is 33.9. The van der Waals surface area contributed by atoms with Gasteiger partial charge in [-0.3, -0.25) is 21.6 Å². The Bertz CT molecular complexity index is 1180. The average molecular weight is 652 g/mol. The molecule has 4 aliphatic rings. The zero-order valence-corrected chi connectivity index (χ0v) is 24.9. The van der Waals surface area contributed by atoms with Crippen LogP contribution in [0.2, 0.25) is 0 Å². The number of amidine groups is 4. The van der Waals surface area contributed by atoms with Crippen LogP contribution in [0.3, 0.4) is 0 Å². The largest absolute Gasteiger partial charge is 4.00 e. The second-order valence-corrected chi connectivity index (χ2v) is 9.15. The molecule has 0 aromatic rings. The van der Waals surface area contributed by atoms with Gasteiger partial charge < -0.3 is 62.5 Å². The maximum atomic E-state index is 10.5. The second-order valence-electron chi connectivity index (χ2n) is 9.15. The molecule has 232 valence electrons. The number of carbonyl (C=O) groups is 4. The van der Waals surface area contributed by atoms with Gasteiger partial charge >= 0.3 is 21.7 Å². The van der Waals surface area contributed by atoms with Crippen LogP contribution in [0, 0.1) is 43.3 Å². The zero-order valence-electron chi connectivity index (χ0n) is 23.3. The van der Waals surface area contributed by atoms with E-state index in [1.807, 2.05) is 0 Å². The van der Waals surface area contributed by atoms with Crippen molar-refractivity contribution in [2.24, 2.45) is 44.6 Å². The minimum atomic E-state index is -1.50. The number of nitrogens with one attached hydrogen (secondary N) is 4. The SMILES string of the molecule is N=C(N)C1(C(=O)[O-])C=CC=C1.N=C(N)C1(C(=O)[O-])C=CC=C1.N=C(N)C1(C(=O)[O-])C=CC=C1.N=C(N)C1(C(=O)[O-])C=CC=C1.[Ti+4]. The molecule has 0 aliphatic heterocycles. The molecule has 16 nitrogen and oxygen atoms in total. The minimum Gasteiger partial charge on any atom is -0.548 e. The van der Waals surface area contributed by atoms with E-state index in [1.165, 1.54) is 97.2 Å². The average Bonchev–Trinajstić information content (AvgIpc) is 3.77. The molecular formula is C28H28N8O8Ti. The van der Waals surface area contributed by atoms with Gasteiger partial charge in [-0.25, -0.2) is 0 Å². The fourth-order valence-electron chi connectivity index (χ4n) is 3.58. The van der Waals surface area contributed by atoms with E-state index in [4.69, 9.17) is 44.6 Å². The van der Waals surface area contributed by atoms with E-state index in [9.17, 15) is 39.6 Å². The molecule has 17 heteroatoms. The van der Waals surface area contributed by atoms with Gasteiger partial charge in [-0.05, 0) is 0 Å². The van der Waals surface area contributed by atoms with E-state index in [2.05, 4.69) is 0 Å². The molecule has 0 radical (unpaired) electrons. The van der Waals surface area contributed by atoms with Crippen molar-refractivity contribution in [1.82, 2.24) is 0 Å². The third kappa shape index (κ3) is 8.27. The third-order valence-corrected chi connectivity index (χ3v) is 6.45. The first kappa shape index (κ1) is 39.4. The van der Waals surface area contributed by atoms with Gasteiger partial charge in [0.15, 0.2) is 0 Å². The summed E-state index contributed by atoms with van der Waals surface area (Å²) in [5.41, 5.74) is 14.4. The fourth-order valence-corrected chi connectivity index (χ4v) is 3.58. The van der Waals surface area contributed by atoms with Gasteiger partial charge in [0, 0.05) is 0 Å². The Morgan fingerprint density at radius 2 is 0.489 bits per heavy atom. The van der Waals surface area contributed by atoms with Crippen LogP contribution in [0.25, 0.3) is 0 Å². The quantitative estimate of drug-likeness (QED) is 0.0695. The number of carboxylic acids is 4. The second kappa shape index (κ2) is 15.7. The van der Waals surface area contributed by atoms with Crippen LogP contribution >= 0.6 is 0 Å². The molecule has 0 heterocycles. The van der Waals surface area contributed by atoms with Crippen LogP contribution < -0.4 is 43.4 Å². The van der Waals surface area contributed by atoms with Gasteiger partial charge in [0.2, 0.25) is 0 Å². The van der Waals surface area contributed by atoms with Crippen LogP contribution in [0.5, 0.6) is 0 Å². The third-order valence-electron chi connectivity index (χ3n) is 6.45. The van der Waals surface area contributed by atoms with Crippen molar-refractivity contribution < 1.29 is 61.3 Å². The molecule has 0 unspecified atom stereocenters. The molecule has 0 spiro atoms. The van der Waals surface area contributed by atoms with Crippen LogP contribution in [-0.4, -0.2) is 47.2 Å². The molecule has 0 saturated carbocycles. The Morgan fingerprint density at radius 1 is 0.378 bits per heavy atom. The van der Waals surface area contributed by atoms with Crippen molar-refractivity contribution in [2.75, 3.05) is 0 Å². The van der Waals surface area contributed by atoms with Gasteiger partial charge in [0.1, 0.15) is 45.0 Å². The smallest absolute Gasteiger partial charge is 0.548 e. The van der Waals surface area contributed by atoms with E-state index in [-0.39, 0.29) is 21.7 Å². The number of allylic oxidation sites excluding steroid dienone is 8. The maximum Gasteiger partial charge on any atom is 4.00 e. The fraction of sp³-hybridized carbons (Fsp3) is 0.143. The molecule has 0 fully saturated rings. The van der Waals surface area contributed by atoms with Crippen molar-refractivity contribution >= 4 is 47.2 Å². The monoisotopic (exact) mass is 652 g/mol. The van der Waals surface area contributed by atoms with Crippen molar-refractivity contribution in [2.45, 2.75) is 0 Å². The van der Waals surface area contributed by atoms with Crippen molar-refractivity contribution in [3.05, 3.63) is 97.2 Å². The summed E-state index contributed by atoms with van der Waals surface area (Å²) in [5, 5.41) is 70.2. The van der Waals surface area contributed by atoms with Crippen LogP contribution in [-0.2, 0) is 40.9 Å². The van der Waals surface area contributed by atoms with Gasteiger partial charge in [-0.1, -0.05) is 97.2 Å². The molecule has 0 aromatic carbocycles. The summed E-state index contributed by atoms with van der Waals surface area (Å²) < 4.78 is 0. The Balaban J connectivity index is 0.000000569. The number of hydrogen-bond acceptors (Lipinski definition) is 12. The molecule has 45 heavy (non-hydrogen) atoms. The maximum absolute atomic E-state index is 10.5. The van der Waals surface area contributed by atoms with Gasteiger partial charge in [-0.15, -0.1) is 0 Å². The van der Waals surface area contributed by atoms with Crippen molar-refractivity contribution in [1.29, 1.82) is 21.6 Å². The summed E-state index contributed by atoms with van der Waals surface area (Å²) in [6.45, 7) is 0. The van der Waals surface area contributed by atoms with Crippen molar-refractivity contribution in [3.63, 3.8) is 0 Å². The van der Waals surface area contributed by atoms with Gasteiger partial charge in [0.25, 0.3) is 0 Å². The summed E-state index contributed by atoms with van der Waals surface area (Å²) >= 11 is 0. The molecule has 4 rings (SSSR count). The molecule has 4 aliphatic carbocycles. The summed E-state index contributed by atoms with van der Waals surface area (Å²) in [6.07, 6.45) is 22.8. The Hall–Kier alpha value is -5.61. The molecule has 0 amide bonds. The number of nitrogens with two attached hydrogens (primary N) is 4.